The zero-order chi connectivity index (χ0) is 36.5. The van der Waals surface area contributed by atoms with Crippen molar-refractivity contribution in [3.05, 3.63) is 84.4 Å². The monoisotopic (exact) mass is 693 g/mol. The summed E-state index contributed by atoms with van der Waals surface area (Å²) in [6.07, 6.45) is 1.39. The normalized spacial score (nSPS) is 18.7. The number of hydrogen-bond donors (Lipinski definition) is 3. The minimum Gasteiger partial charge on any atom is -0.456 e. The summed E-state index contributed by atoms with van der Waals surface area (Å²) in [6, 6.07) is 21.9. The first-order valence-electron chi connectivity index (χ1n) is 17.2. The van der Waals surface area contributed by atoms with Gasteiger partial charge in [0.05, 0.1) is 0 Å². The molecule has 51 heavy (non-hydrogen) atoms. The molecule has 3 heterocycles. The molecular weight excluding hydrogens is 650 g/mol. The molecule has 6 rings (SSSR count). The SMILES string of the molecule is CC(=O)N1CCC[C@H]1C(=O)Nc1ccc2oc(-c3ccc(NC(=O)[C@@H]4CCCN4C(=O)[C@](OC(N)=O)(c4ccccc4)C(C)(C)C)cc3)cc2c1. The number of carbonyl (C=O) groups is 5. The highest BCUT2D eigenvalue weighted by Crippen LogP contribution is 2.45. The van der Waals surface area contributed by atoms with Gasteiger partial charge >= 0.3 is 6.09 Å². The van der Waals surface area contributed by atoms with Gasteiger partial charge in [0.25, 0.3) is 5.91 Å². The number of furan rings is 1. The number of nitrogens with zero attached hydrogens (tertiary/aromatic N) is 2. The van der Waals surface area contributed by atoms with E-state index in [0.29, 0.717) is 60.6 Å². The molecule has 2 aliphatic heterocycles. The number of amides is 5. The Labute approximate surface area is 296 Å². The first-order valence-corrected chi connectivity index (χ1v) is 17.2. The van der Waals surface area contributed by atoms with Crippen molar-refractivity contribution in [3.63, 3.8) is 0 Å². The first kappa shape index (κ1) is 35.2. The average molecular weight is 694 g/mol. The highest BCUT2D eigenvalue weighted by atomic mass is 16.6. The molecule has 2 fully saturated rings. The topological polar surface area (TPSA) is 164 Å². The van der Waals surface area contributed by atoms with Crippen LogP contribution >= 0.6 is 0 Å². The predicted molar refractivity (Wildman–Crippen MR) is 192 cm³/mol. The molecule has 12 heteroatoms. The van der Waals surface area contributed by atoms with E-state index in [0.717, 1.165) is 17.4 Å². The highest BCUT2D eigenvalue weighted by Gasteiger charge is 2.57. The third kappa shape index (κ3) is 6.90. The van der Waals surface area contributed by atoms with Crippen LogP contribution in [0.3, 0.4) is 0 Å². The average Bonchev–Trinajstić information content (AvgIpc) is 3.87. The smallest absolute Gasteiger partial charge is 0.405 e. The van der Waals surface area contributed by atoms with Crippen LogP contribution in [0.5, 0.6) is 0 Å². The van der Waals surface area contributed by atoms with Crippen molar-refractivity contribution >= 4 is 52.1 Å². The lowest BCUT2D eigenvalue weighted by Gasteiger charge is -2.45. The van der Waals surface area contributed by atoms with Crippen LogP contribution in [0, 0.1) is 5.41 Å². The summed E-state index contributed by atoms with van der Waals surface area (Å²) < 4.78 is 11.8. The van der Waals surface area contributed by atoms with E-state index < -0.39 is 35.1 Å². The zero-order valence-electron chi connectivity index (χ0n) is 29.2. The molecule has 0 spiro atoms. The van der Waals surface area contributed by atoms with Crippen LogP contribution in [0.4, 0.5) is 16.2 Å². The lowest BCUT2D eigenvalue weighted by atomic mass is 9.70. The predicted octanol–water partition coefficient (Wildman–Crippen LogP) is 6.02. The molecule has 4 N–H and O–H groups in total. The molecule has 5 amide bonds. The number of ether oxygens (including phenoxy) is 1. The number of benzene rings is 3. The Morgan fingerprint density at radius 1 is 0.784 bits per heavy atom. The van der Waals surface area contributed by atoms with Gasteiger partial charge in [-0.15, -0.1) is 0 Å². The Balaban J connectivity index is 1.16. The maximum atomic E-state index is 14.4. The van der Waals surface area contributed by atoms with Crippen molar-refractivity contribution in [1.29, 1.82) is 0 Å². The lowest BCUT2D eigenvalue weighted by molar-refractivity contribution is -0.168. The van der Waals surface area contributed by atoms with Gasteiger partial charge in [0, 0.05) is 53.3 Å². The number of nitrogens with two attached hydrogens (primary N) is 1. The van der Waals surface area contributed by atoms with Crippen LogP contribution in [0.1, 0.15) is 58.9 Å². The number of anilines is 2. The molecule has 12 nitrogen and oxygen atoms in total. The molecule has 1 aromatic heterocycles. The fourth-order valence-corrected chi connectivity index (χ4v) is 7.29. The van der Waals surface area contributed by atoms with Gasteiger partial charge < -0.3 is 35.3 Å². The van der Waals surface area contributed by atoms with Crippen LogP contribution in [0.25, 0.3) is 22.3 Å². The van der Waals surface area contributed by atoms with Crippen LogP contribution in [0.2, 0.25) is 0 Å². The van der Waals surface area contributed by atoms with Gasteiger partial charge in [0.1, 0.15) is 23.4 Å². The van der Waals surface area contributed by atoms with Crippen LogP contribution in [-0.4, -0.2) is 64.7 Å². The van der Waals surface area contributed by atoms with Gasteiger partial charge in [0.2, 0.25) is 23.3 Å². The second-order valence-corrected chi connectivity index (χ2v) is 14.2. The van der Waals surface area contributed by atoms with E-state index in [9.17, 15) is 24.0 Å². The van der Waals surface area contributed by atoms with Crippen molar-refractivity contribution in [2.75, 3.05) is 23.7 Å². The van der Waals surface area contributed by atoms with Gasteiger partial charge in [-0.25, -0.2) is 4.79 Å². The molecule has 0 unspecified atom stereocenters. The van der Waals surface area contributed by atoms with Crippen molar-refractivity contribution in [1.82, 2.24) is 9.80 Å². The van der Waals surface area contributed by atoms with Crippen LogP contribution < -0.4 is 16.4 Å². The minimum atomic E-state index is -1.75. The lowest BCUT2D eigenvalue weighted by Crippen LogP contribution is -2.59. The fourth-order valence-electron chi connectivity index (χ4n) is 7.29. The zero-order valence-corrected chi connectivity index (χ0v) is 29.2. The van der Waals surface area contributed by atoms with Crippen molar-refractivity contribution in [2.45, 2.75) is 71.1 Å². The number of rotatable bonds is 8. The summed E-state index contributed by atoms with van der Waals surface area (Å²) in [7, 11) is 0. The van der Waals surface area contributed by atoms with Crippen LogP contribution in [0.15, 0.2) is 83.3 Å². The molecule has 0 saturated carbocycles. The highest BCUT2D eigenvalue weighted by molar-refractivity contribution is 6.01. The van der Waals surface area contributed by atoms with E-state index in [1.165, 1.54) is 11.8 Å². The second-order valence-electron chi connectivity index (χ2n) is 14.2. The third-order valence-electron chi connectivity index (χ3n) is 9.79. The standard InChI is InChI=1S/C39H43N5O7/c1-24(45)43-20-8-12-30(43)34(46)42-29-18-19-32-26(22-29)23-33(50-32)25-14-16-28(17-15-25)41-35(47)31-13-9-21-44(31)36(48)39(38(2,3)4,51-37(40)49)27-10-6-5-7-11-27/h5-7,10-11,14-19,22-23,30-31H,8-9,12-13,20-21H2,1-4H3,(H2,40,49)(H,41,47)(H,42,46)/t30-,31-,39+/m0/s1. The molecule has 3 aromatic carbocycles. The number of hydrogen-bond acceptors (Lipinski definition) is 7. The minimum absolute atomic E-state index is 0.109. The van der Waals surface area contributed by atoms with E-state index in [4.69, 9.17) is 14.9 Å². The first-order chi connectivity index (χ1) is 24.3. The molecule has 2 saturated heterocycles. The Morgan fingerprint density at radius 2 is 1.37 bits per heavy atom. The van der Waals surface area contributed by atoms with Crippen molar-refractivity contribution in [3.8, 4) is 11.3 Å². The van der Waals surface area contributed by atoms with Crippen LogP contribution in [-0.2, 0) is 29.5 Å². The van der Waals surface area contributed by atoms with Gasteiger partial charge in [0.15, 0.2) is 0 Å². The second kappa shape index (κ2) is 13.9. The molecule has 0 radical (unpaired) electrons. The van der Waals surface area contributed by atoms with Gasteiger partial charge in [-0.3, -0.25) is 19.2 Å². The van der Waals surface area contributed by atoms with Gasteiger partial charge in [-0.05, 0) is 74.2 Å². The van der Waals surface area contributed by atoms with Gasteiger partial charge in [-0.1, -0.05) is 51.1 Å². The number of carbonyl (C=O) groups excluding carboxylic acids is 5. The molecule has 2 aliphatic rings. The maximum absolute atomic E-state index is 14.4. The summed E-state index contributed by atoms with van der Waals surface area (Å²) in [4.78, 5) is 68.3. The summed E-state index contributed by atoms with van der Waals surface area (Å²) in [5.41, 5.74) is 5.91. The third-order valence-corrected chi connectivity index (χ3v) is 9.79. The van der Waals surface area contributed by atoms with E-state index in [2.05, 4.69) is 10.6 Å². The molecule has 0 aliphatic carbocycles. The Hall–Kier alpha value is -5.65. The Morgan fingerprint density at radius 3 is 1.98 bits per heavy atom. The molecule has 0 bridgehead atoms. The number of nitrogens with one attached hydrogen (secondary N) is 2. The van der Waals surface area contributed by atoms with Crippen molar-refractivity contribution in [2.24, 2.45) is 11.1 Å². The van der Waals surface area contributed by atoms with E-state index >= 15 is 0 Å². The Bertz CT molecular complexity index is 1970. The van der Waals surface area contributed by atoms with Gasteiger partial charge in [-0.2, -0.15) is 0 Å². The number of fused-ring (bicyclic) bond motifs is 1. The summed E-state index contributed by atoms with van der Waals surface area (Å²) >= 11 is 0. The van der Waals surface area contributed by atoms with E-state index in [-0.39, 0.29) is 17.7 Å². The maximum Gasteiger partial charge on any atom is 0.405 e. The molecular formula is C39H43N5O7. The Kier molecular flexibility index (Phi) is 9.61. The summed E-state index contributed by atoms with van der Waals surface area (Å²) in [5.74, 6) is -0.575. The summed E-state index contributed by atoms with van der Waals surface area (Å²) in [5, 5.41) is 6.67. The quantitative estimate of drug-likeness (QED) is 0.203. The fraction of sp³-hybridized carbons (Fsp3) is 0.359. The summed E-state index contributed by atoms with van der Waals surface area (Å²) in [6.45, 7) is 7.78. The number of primary amides is 1. The van der Waals surface area contributed by atoms with Crippen molar-refractivity contribution < 1.29 is 33.1 Å². The molecule has 4 aromatic rings. The van der Waals surface area contributed by atoms with E-state index in [1.54, 1.807) is 80.3 Å². The number of likely N-dealkylation sites (tertiary alicyclic amines) is 2. The molecule has 3 atom stereocenters. The largest absolute Gasteiger partial charge is 0.456 e. The molecule has 266 valence electrons. The van der Waals surface area contributed by atoms with E-state index in [1.807, 2.05) is 24.3 Å².